The van der Waals surface area contributed by atoms with E-state index in [9.17, 15) is 9.59 Å². The lowest BCUT2D eigenvalue weighted by Gasteiger charge is -2.16. The van der Waals surface area contributed by atoms with Crippen molar-refractivity contribution in [3.63, 3.8) is 0 Å². The Labute approximate surface area is 147 Å². The Bertz CT molecular complexity index is 782. The number of carbonyl (C=O) groups is 1. The lowest BCUT2D eigenvalue weighted by atomic mass is 10.1. The van der Waals surface area contributed by atoms with Gasteiger partial charge in [-0.15, -0.1) is 11.8 Å². The molecule has 7 heteroatoms. The van der Waals surface area contributed by atoms with Crippen LogP contribution in [0.2, 0.25) is 0 Å². The van der Waals surface area contributed by atoms with Gasteiger partial charge < -0.3 is 5.32 Å². The van der Waals surface area contributed by atoms with Crippen LogP contribution in [0.3, 0.4) is 0 Å². The van der Waals surface area contributed by atoms with Crippen LogP contribution >= 0.6 is 27.7 Å². The Hall–Kier alpha value is -1.47. The van der Waals surface area contributed by atoms with Crippen molar-refractivity contribution in [2.24, 2.45) is 0 Å². The van der Waals surface area contributed by atoms with Crippen molar-refractivity contribution in [3.05, 3.63) is 50.2 Å². The molecule has 2 heterocycles. The monoisotopic (exact) mass is 395 g/mol. The molecule has 1 amide bonds. The van der Waals surface area contributed by atoms with Crippen molar-refractivity contribution in [2.75, 3.05) is 11.1 Å². The van der Waals surface area contributed by atoms with Crippen molar-refractivity contribution in [2.45, 2.75) is 31.6 Å². The van der Waals surface area contributed by atoms with Crippen molar-refractivity contribution in [1.82, 2.24) is 9.78 Å². The highest BCUT2D eigenvalue weighted by Gasteiger charge is 2.31. The third kappa shape index (κ3) is 3.12. The zero-order valence-electron chi connectivity index (χ0n) is 12.9. The molecule has 0 aliphatic carbocycles. The summed E-state index contributed by atoms with van der Waals surface area (Å²) in [5.41, 5.74) is 1.51. The van der Waals surface area contributed by atoms with Gasteiger partial charge in [0.2, 0.25) is 5.91 Å². The number of thioether (sulfide) groups is 1. The van der Waals surface area contributed by atoms with E-state index in [2.05, 4.69) is 33.3 Å². The number of nitrogens with one attached hydrogen (secondary N) is 2. The number of H-pyrrole nitrogens is 1. The van der Waals surface area contributed by atoms with Gasteiger partial charge in [0.15, 0.2) is 0 Å². The summed E-state index contributed by atoms with van der Waals surface area (Å²) in [4.78, 5) is 24.6. The molecule has 1 aliphatic rings. The SMILES string of the molecule is CC[C@@H](C)n1[nH]c(=O)c2c1NC(=O)CS[C@@H]2c1ccc(Br)cc1. The molecule has 5 nitrogen and oxygen atoms in total. The third-order valence-electron chi connectivity index (χ3n) is 4.07. The van der Waals surface area contributed by atoms with Crippen molar-refractivity contribution in [1.29, 1.82) is 0 Å². The predicted molar refractivity (Wildman–Crippen MR) is 97.1 cm³/mol. The van der Waals surface area contributed by atoms with Crippen LogP contribution in [0.4, 0.5) is 5.82 Å². The molecule has 1 aliphatic heterocycles. The fraction of sp³-hybridized carbons (Fsp3) is 0.375. The number of hydrogen-bond acceptors (Lipinski definition) is 3. The van der Waals surface area contributed by atoms with Gasteiger partial charge in [-0.05, 0) is 31.0 Å². The number of amides is 1. The van der Waals surface area contributed by atoms with Crippen LogP contribution in [-0.2, 0) is 4.79 Å². The largest absolute Gasteiger partial charge is 0.310 e. The molecule has 1 aromatic carbocycles. The van der Waals surface area contributed by atoms with Crippen LogP contribution in [0.15, 0.2) is 33.5 Å². The number of hydrogen-bond donors (Lipinski definition) is 2. The highest BCUT2D eigenvalue weighted by molar-refractivity contribution is 9.10. The van der Waals surface area contributed by atoms with Crippen LogP contribution in [0.25, 0.3) is 0 Å². The molecule has 0 fully saturated rings. The van der Waals surface area contributed by atoms with Gasteiger partial charge in [0.25, 0.3) is 5.56 Å². The van der Waals surface area contributed by atoms with Gasteiger partial charge in [0.05, 0.1) is 16.6 Å². The first-order valence-corrected chi connectivity index (χ1v) is 9.36. The number of benzene rings is 1. The zero-order valence-corrected chi connectivity index (χ0v) is 15.3. The Morgan fingerprint density at radius 3 is 2.70 bits per heavy atom. The van der Waals surface area contributed by atoms with E-state index in [1.807, 2.05) is 31.2 Å². The molecule has 122 valence electrons. The molecule has 0 bridgehead atoms. The average Bonchev–Trinajstić information content (AvgIpc) is 2.74. The summed E-state index contributed by atoms with van der Waals surface area (Å²) in [5.74, 6) is 0.856. The van der Waals surface area contributed by atoms with Gasteiger partial charge in [0, 0.05) is 10.5 Å². The summed E-state index contributed by atoms with van der Waals surface area (Å²) in [6.45, 7) is 4.07. The van der Waals surface area contributed by atoms with E-state index >= 15 is 0 Å². The Balaban J connectivity index is 2.15. The molecule has 2 aromatic rings. The number of anilines is 1. The number of aromatic amines is 1. The summed E-state index contributed by atoms with van der Waals surface area (Å²) >= 11 is 4.91. The molecule has 3 rings (SSSR count). The summed E-state index contributed by atoms with van der Waals surface area (Å²) in [6, 6.07) is 7.99. The lowest BCUT2D eigenvalue weighted by Crippen LogP contribution is -2.18. The highest BCUT2D eigenvalue weighted by atomic mass is 79.9. The van der Waals surface area contributed by atoms with Crippen LogP contribution in [0, 0.1) is 0 Å². The van der Waals surface area contributed by atoms with E-state index < -0.39 is 0 Å². The minimum absolute atomic E-state index is 0.0769. The third-order valence-corrected chi connectivity index (χ3v) is 5.87. The molecule has 1 aromatic heterocycles. The topological polar surface area (TPSA) is 66.9 Å². The quantitative estimate of drug-likeness (QED) is 0.832. The van der Waals surface area contributed by atoms with Crippen LogP contribution < -0.4 is 10.9 Å². The van der Waals surface area contributed by atoms with Gasteiger partial charge in [-0.3, -0.25) is 19.4 Å². The number of fused-ring (bicyclic) bond motifs is 1. The molecule has 0 radical (unpaired) electrons. The van der Waals surface area contributed by atoms with E-state index in [0.29, 0.717) is 17.1 Å². The van der Waals surface area contributed by atoms with Crippen LogP contribution in [0.1, 0.15) is 42.7 Å². The summed E-state index contributed by atoms with van der Waals surface area (Å²) in [7, 11) is 0. The maximum Gasteiger partial charge on any atom is 0.270 e. The first-order valence-electron chi connectivity index (χ1n) is 7.52. The first-order chi connectivity index (χ1) is 11.0. The second kappa shape index (κ2) is 6.57. The standard InChI is InChI=1S/C16H18BrN3O2S/c1-3-9(2)20-15-13(16(22)19-20)14(23-8-12(21)18-15)10-4-6-11(17)7-5-10/h4-7,9,14H,3,8H2,1-2H3,(H,18,21)(H,19,22)/t9-,14-/m1/s1. The van der Waals surface area contributed by atoms with Gasteiger partial charge >= 0.3 is 0 Å². The Kier molecular flexibility index (Phi) is 4.68. The smallest absolute Gasteiger partial charge is 0.270 e. The summed E-state index contributed by atoms with van der Waals surface area (Å²) in [5, 5.41) is 5.63. The van der Waals surface area contributed by atoms with E-state index in [4.69, 9.17) is 0 Å². The summed E-state index contributed by atoms with van der Waals surface area (Å²) < 4.78 is 2.77. The number of halogens is 1. The molecule has 0 saturated heterocycles. The first kappa shape index (κ1) is 16.4. The van der Waals surface area contributed by atoms with Crippen molar-refractivity contribution < 1.29 is 4.79 Å². The zero-order chi connectivity index (χ0) is 16.6. The molecule has 23 heavy (non-hydrogen) atoms. The van der Waals surface area contributed by atoms with Gasteiger partial charge in [-0.25, -0.2) is 0 Å². The maximum absolute atomic E-state index is 12.6. The van der Waals surface area contributed by atoms with Gasteiger partial charge in [-0.1, -0.05) is 35.0 Å². The Morgan fingerprint density at radius 2 is 2.04 bits per heavy atom. The minimum atomic E-state index is -0.161. The second-order valence-corrected chi connectivity index (χ2v) is 7.63. The fourth-order valence-electron chi connectivity index (χ4n) is 2.66. The van der Waals surface area contributed by atoms with E-state index in [1.54, 1.807) is 4.68 Å². The second-order valence-electron chi connectivity index (χ2n) is 5.62. The van der Waals surface area contributed by atoms with E-state index in [0.717, 1.165) is 16.5 Å². The van der Waals surface area contributed by atoms with Crippen molar-refractivity contribution >= 4 is 39.4 Å². The summed E-state index contributed by atoms with van der Waals surface area (Å²) in [6.07, 6.45) is 0.864. The molecule has 2 atom stereocenters. The number of aromatic nitrogens is 2. The van der Waals surface area contributed by atoms with Crippen molar-refractivity contribution in [3.8, 4) is 0 Å². The van der Waals surface area contributed by atoms with Gasteiger partial charge in [-0.2, -0.15) is 0 Å². The number of rotatable bonds is 3. The molecular weight excluding hydrogens is 378 g/mol. The molecule has 0 saturated carbocycles. The lowest BCUT2D eigenvalue weighted by molar-refractivity contribution is -0.113. The van der Waals surface area contributed by atoms with Crippen LogP contribution in [0.5, 0.6) is 0 Å². The fourth-order valence-corrected chi connectivity index (χ4v) is 4.05. The van der Waals surface area contributed by atoms with Crippen LogP contribution in [-0.4, -0.2) is 21.4 Å². The highest BCUT2D eigenvalue weighted by Crippen LogP contribution is 2.40. The molecular formula is C16H18BrN3O2S. The van der Waals surface area contributed by atoms with E-state index in [1.165, 1.54) is 11.8 Å². The number of nitrogens with zero attached hydrogens (tertiary/aromatic N) is 1. The Morgan fingerprint density at radius 1 is 1.35 bits per heavy atom. The minimum Gasteiger partial charge on any atom is -0.310 e. The molecule has 0 unspecified atom stereocenters. The van der Waals surface area contributed by atoms with Gasteiger partial charge in [0.1, 0.15) is 5.82 Å². The molecule has 0 spiro atoms. The predicted octanol–water partition coefficient (Wildman–Crippen LogP) is 3.68. The number of carbonyl (C=O) groups excluding carboxylic acids is 1. The molecule has 2 N–H and O–H groups in total. The normalized spacial score (nSPS) is 18.9. The average molecular weight is 396 g/mol. The van der Waals surface area contributed by atoms with E-state index in [-0.39, 0.29) is 22.8 Å². The maximum atomic E-state index is 12.6.